The second kappa shape index (κ2) is 10.2. The van der Waals surface area contributed by atoms with Crippen molar-refractivity contribution >= 4 is 11.4 Å². The van der Waals surface area contributed by atoms with Gasteiger partial charge in [0.25, 0.3) is 0 Å². The Hall–Kier alpha value is -1.84. The molecule has 0 atom stereocenters. The molecule has 2 aromatic carbocycles. The van der Waals surface area contributed by atoms with Gasteiger partial charge in [-0.05, 0) is 44.9 Å². The Morgan fingerprint density at radius 1 is 0.485 bits per heavy atom. The molecule has 0 saturated carbocycles. The second-order valence-electron chi connectivity index (χ2n) is 12.9. The van der Waals surface area contributed by atoms with Gasteiger partial charge >= 0.3 is 0 Å². The van der Waals surface area contributed by atoms with Gasteiger partial charge in [0.2, 0.25) is 0 Å². The van der Waals surface area contributed by atoms with Crippen molar-refractivity contribution in [3.63, 3.8) is 0 Å². The van der Waals surface area contributed by atoms with E-state index in [1.807, 2.05) is 12.1 Å². The van der Waals surface area contributed by atoms with E-state index in [2.05, 4.69) is 95.2 Å². The van der Waals surface area contributed by atoms with Gasteiger partial charge in [0, 0.05) is 28.2 Å². The van der Waals surface area contributed by atoms with E-state index >= 15 is 0 Å². The zero-order valence-electron chi connectivity index (χ0n) is 22.7. The number of hydrogen-bond acceptors (Lipinski definition) is 4. The van der Waals surface area contributed by atoms with Crippen LogP contribution in [0.4, 0.5) is 11.4 Å². The molecule has 0 unspecified atom stereocenters. The Morgan fingerprint density at radius 3 is 0.909 bits per heavy atom. The fraction of sp³-hybridized carbons (Fsp3) is 0.571. The Balaban J connectivity index is 0.000000602. The van der Waals surface area contributed by atoms with Crippen molar-refractivity contribution in [3.05, 3.63) is 46.5 Å². The predicted molar refractivity (Wildman–Crippen MR) is 140 cm³/mol. The van der Waals surface area contributed by atoms with Crippen LogP contribution in [0.3, 0.4) is 0 Å². The van der Waals surface area contributed by atoms with Gasteiger partial charge in [-0.1, -0.05) is 95.2 Å². The maximum Gasteiger partial charge on any atom is 0.142 e. The van der Waals surface area contributed by atoms with Gasteiger partial charge in [0.15, 0.2) is 0 Å². The molecule has 1 radical (unpaired) electrons. The van der Waals surface area contributed by atoms with Gasteiger partial charge in [-0.25, -0.2) is 0 Å². The van der Waals surface area contributed by atoms with Crippen molar-refractivity contribution < 1.29 is 27.3 Å². The average Bonchev–Trinajstić information content (AvgIpc) is 2.56. The number of rotatable bonds is 0. The molecule has 0 aromatic heterocycles. The van der Waals surface area contributed by atoms with E-state index in [0.29, 0.717) is 11.4 Å². The average molecular weight is 498 g/mol. The third kappa shape index (κ3) is 8.15. The van der Waals surface area contributed by atoms with Gasteiger partial charge in [0.05, 0.1) is 11.4 Å². The minimum absolute atomic E-state index is 0. The van der Waals surface area contributed by atoms with Crippen LogP contribution in [-0.4, -0.2) is 10.2 Å². The minimum atomic E-state index is -0.0978. The summed E-state index contributed by atoms with van der Waals surface area (Å²) >= 11 is 0. The number of nitrogen functional groups attached to an aromatic ring is 2. The molecule has 4 nitrogen and oxygen atoms in total. The monoisotopic (exact) mass is 497 g/mol. The zero-order valence-corrected chi connectivity index (χ0v) is 23.9. The number of hydrogen-bond donors (Lipinski definition) is 4. The van der Waals surface area contributed by atoms with Gasteiger partial charge in [-0.15, -0.1) is 0 Å². The summed E-state index contributed by atoms with van der Waals surface area (Å²) in [7, 11) is 0. The van der Waals surface area contributed by atoms with Crippen LogP contribution in [0.5, 0.6) is 11.5 Å². The SMILES string of the molecule is CC(C)(C)c1cc(N)c(O)c(C(C)(C)C)c1.CC(C)(C)c1cc(N)c(O)c(C(C)(C)C)c1.[Mn]. The molecule has 0 saturated heterocycles. The summed E-state index contributed by atoms with van der Waals surface area (Å²) in [5.74, 6) is 0.445. The maximum atomic E-state index is 10.00. The van der Waals surface area contributed by atoms with Crippen LogP contribution < -0.4 is 11.5 Å². The predicted octanol–water partition coefficient (Wildman–Crippen LogP) is 7.14. The van der Waals surface area contributed by atoms with Crippen molar-refractivity contribution in [3.8, 4) is 11.5 Å². The van der Waals surface area contributed by atoms with Crippen LogP contribution in [-0.2, 0) is 38.7 Å². The van der Waals surface area contributed by atoms with E-state index in [-0.39, 0.29) is 50.2 Å². The van der Waals surface area contributed by atoms with Crippen molar-refractivity contribution in [1.29, 1.82) is 0 Å². The van der Waals surface area contributed by atoms with E-state index in [4.69, 9.17) is 11.5 Å². The molecule has 0 amide bonds. The number of phenols is 2. The Labute approximate surface area is 212 Å². The molecule has 0 bridgehead atoms. The number of anilines is 2. The van der Waals surface area contributed by atoms with Gasteiger partial charge in [0.1, 0.15) is 11.5 Å². The number of benzene rings is 2. The fourth-order valence-electron chi connectivity index (χ4n) is 3.32. The quantitative estimate of drug-likeness (QED) is 0.177. The molecule has 0 spiro atoms. The van der Waals surface area contributed by atoms with Crippen LogP contribution >= 0.6 is 0 Å². The molecular formula is C28H46MnN2O2. The van der Waals surface area contributed by atoms with Gasteiger partial charge in [-0.2, -0.15) is 0 Å². The molecule has 0 aliphatic rings. The molecule has 187 valence electrons. The number of aromatic hydroxyl groups is 2. The van der Waals surface area contributed by atoms with Crippen molar-refractivity contribution in [2.45, 2.75) is 105 Å². The smallest absolute Gasteiger partial charge is 0.142 e. The fourth-order valence-corrected chi connectivity index (χ4v) is 3.32. The molecule has 0 aliphatic carbocycles. The molecular weight excluding hydrogens is 451 g/mol. The molecule has 0 fully saturated rings. The molecule has 6 N–H and O–H groups in total. The molecule has 0 heterocycles. The number of nitrogens with two attached hydrogens (primary N) is 2. The summed E-state index contributed by atoms with van der Waals surface area (Å²) in [6.45, 7) is 25.3. The molecule has 33 heavy (non-hydrogen) atoms. The first-order valence-corrected chi connectivity index (χ1v) is 11.3. The first-order chi connectivity index (χ1) is 14.1. The topological polar surface area (TPSA) is 92.5 Å². The zero-order chi connectivity index (χ0) is 25.4. The summed E-state index contributed by atoms with van der Waals surface area (Å²) < 4.78 is 0. The van der Waals surface area contributed by atoms with E-state index < -0.39 is 0 Å². The summed E-state index contributed by atoms with van der Waals surface area (Å²) in [4.78, 5) is 0. The Bertz CT molecular complexity index is 875. The van der Waals surface area contributed by atoms with E-state index in [0.717, 1.165) is 22.3 Å². The van der Waals surface area contributed by atoms with E-state index in [1.165, 1.54) is 0 Å². The van der Waals surface area contributed by atoms with Crippen LogP contribution in [0.15, 0.2) is 24.3 Å². The van der Waals surface area contributed by atoms with Gasteiger partial charge < -0.3 is 21.7 Å². The van der Waals surface area contributed by atoms with Crippen LogP contribution in [0.25, 0.3) is 0 Å². The molecule has 2 aromatic rings. The standard InChI is InChI=1S/2C14H23NO.Mn/c2*1-13(2,3)9-7-10(14(4,5)6)12(16)11(15)8-9;/h2*7-8,16H,15H2,1-6H3;. The van der Waals surface area contributed by atoms with Crippen LogP contribution in [0.1, 0.15) is 105 Å². The van der Waals surface area contributed by atoms with Crippen LogP contribution in [0.2, 0.25) is 0 Å². The summed E-state index contributed by atoms with van der Waals surface area (Å²) in [5, 5.41) is 20.0. The summed E-state index contributed by atoms with van der Waals surface area (Å²) in [5.41, 5.74) is 16.7. The maximum absolute atomic E-state index is 10.00. The molecule has 5 heteroatoms. The molecule has 2 rings (SSSR count). The van der Waals surface area contributed by atoms with E-state index in [1.54, 1.807) is 0 Å². The Morgan fingerprint density at radius 2 is 0.727 bits per heavy atom. The normalized spacial score (nSPS) is 12.5. The summed E-state index contributed by atoms with van der Waals surface area (Å²) in [6.07, 6.45) is 0. The molecule has 0 aliphatic heterocycles. The Kier molecular flexibility index (Phi) is 9.62. The van der Waals surface area contributed by atoms with Crippen molar-refractivity contribution in [2.24, 2.45) is 0 Å². The first-order valence-electron chi connectivity index (χ1n) is 11.3. The first kappa shape index (κ1) is 31.2. The second-order valence-corrected chi connectivity index (χ2v) is 12.9. The largest absolute Gasteiger partial charge is 0.505 e. The van der Waals surface area contributed by atoms with E-state index in [9.17, 15) is 10.2 Å². The van der Waals surface area contributed by atoms with Crippen LogP contribution in [0, 0.1) is 0 Å². The number of phenolic OH excluding ortho intramolecular Hbond substituents is 2. The third-order valence-electron chi connectivity index (χ3n) is 5.63. The minimum Gasteiger partial charge on any atom is -0.505 e. The third-order valence-corrected chi connectivity index (χ3v) is 5.63. The van der Waals surface area contributed by atoms with Crippen molar-refractivity contribution in [2.75, 3.05) is 11.5 Å². The van der Waals surface area contributed by atoms with Gasteiger partial charge in [-0.3, -0.25) is 0 Å². The van der Waals surface area contributed by atoms with Crippen molar-refractivity contribution in [1.82, 2.24) is 0 Å². The summed E-state index contributed by atoms with van der Waals surface area (Å²) in [6, 6.07) is 7.85.